The van der Waals surface area contributed by atoms with Crippen molar-refractivity contribution >= 4 is 22.6 Å². The molecular formula is C24H23F4N5O3. The predicted octanol–water partition coefficient (Wildman–Crippen LogP) is 4.33. The van der Waals surface area contributed by atoms with Crippen molar-refractivity contribution in [3.63, 3.8) is 0 Å². The number of nitrogens with zero attached hydrogens (tertiary/aromatic N) is 4. The molecule has 5 rings (SSSR count). The van der Waals surface area contributed by atoms with Crippen LogP contribution in [0.3, 0.4) is 0 Å². The Bertz CT molecular complexity index is 1300. The van der Waals surface area contributed by atoms with E-state index in [0.29, 0.717) is 23.1 Å². The lowest BCUT2D eigenvalue weighted by atomic mass is 9.99. The van der Waals surface area contributed by atoms with Crippen LogP contribution in [0.4, 0.5) is 23.4 Å². The van der Waals surface area contributed by atoms with E-state index in [1.807, 2.05) is 6.92 Å². The number of nitrogens with two attached hydrogens (primary N) is 1. The highest BCUT2D eigenvalue weighted by molar-refractivity contribution is 5.99. The molecule has 0 radical (unpaired) electrons. The molecule has 2 N–H and O–H groups in total. The molecule has 2 aliphatic rings. The smallest absolute Gasteiger partial charge is 0.304 e. The van der Waals surface area contributed by atoms with Crippen molar-refractivity contribution in [2.45, 2.75) is 51.8 Å². The Morgan fingerprint density at radius 1 is 1.25 bits per heavy atom. The first kappa shape index (κ1) is 24.2. The Balaban J connectivity index is 1.43. The van der Waals surface area contributed by atoms with Crippen molar-refractivity contribution in [1.29, 1.82) is 0 Å². The van der Waals surface area contributed by atoms with Gasteiger partial charge in [-0.05, 0) is 43.4 Å². The van der Waals surface area contributed by atoms with Gasteiger partial charge in [0.05, 0.1) is 36.0 Å². The van der Waals surface area contributed by atoms with Crippen molar-refractivity contribution in [3.8, 4) is 5.88 Å². The lowest BCUT2D eigenvalue weighted by Crippen LogP contribution is -2.33. The highest BCUT2D eigenvalue weighted by Crippen LogP contribution is 2.39. The van der Waals surface area contributed by atoms with Crippen molar-refractivity contribution in [2.24, 2.45) is 5.92 Å². The Morgan fingerprint density at radius 3 is 2.69 bits per heavy atom. The molecule has 190 valence electrons. The quantitative estimate of drug-likeness (QED) is 0.455. The number of fused-ring (bicyclic) bond motifs is 3. The molecule has 1 unspecified atom stereocenters. The van der Waals surface area contributed by atoms with Gasteiger partial charge in [-0.2, -0.15) is 9.49 Å². The van der Waals surface area contributed by atoms with Crippen molar-refractivity contribution < 1.29 is 31.8 Å². The van der Waals surface area contributed by atoms with Gasteiger partial charge in [-0.3, -0.25) is 4.79 Å². The molecule has 0 saturated heterocycles. The fraction of sp³-hybridized carbons (Fsp3) is 0.417. The number of hydrogen-bond donors (Lipinski definition) is 1. The van der Waals surface area contributed by atoms with Gasteiger partial charge in [0, 0.05) is 29.6 Å². The summed E-state index contributed by atoms with van der Waals surface area (Å²) in [4.78, 5) is 19.3. The van der Waals surface area contributed by atoms with Gasteiger partial charge in [-0.1, -0.05) is 0 Å². The van der Waals surface area contributed by atoms with Crippen LogP contribution in [0, 0.1) is 11.7 Å². The Morgan fingerprint density at radius 2 is 2.03 bits per heavy atom. The topological polar surface area (TPSA) is 103 Å². The summed E-state index contributed by atoms with van der Waals surface area (Å²) in [5.74, 6) is -1.13. The maximum atomic E-state index is 15.1. The maximum absolute atomic E-state index is 15.1. The number of carbonyl (C=O) groups is 1. The summed E-state index contributed by atoms with van der Waals surface area (Å²) in [5.41, 5.74) is 8.10. The number of amides is 1. The van der Waals surface area contributed by atoms with E-state index in [2.05, 4.69) is 19.9 Å². The summed E-state index contributed by atoms with van der Waals surface area (Å²) in [6.07, 6.45) is -4.52. The van der Waals surface area contributed by atoms with Gasteiger partial charge in [-0.15, -0.1) is 5.10 Å². The molecule has 3 heterocycles. The van der Waals surface area contributed by atoms with E-state index in [0.717, 1.165) is 24.0 Å². The van der Waals surface area contributed by atoms with Gasteiger partial charge in [0.1, 0.15) is 11.6 Å². The number of aromatic nitrogens is 3. The number of nitrogen functional groups attached to an aromatic ring is 1. The first-order valence-electron chi connectivity index (χ1n) is 11.4. The normalized spacial score (nSPS) is 17.9. The van der Waals surface area contributed by atoms with E-state index >= 15 is 4.39 Å². The van der Waals surface area contributed by atoms with Crippen LogP contribution in [-0.2, 0) is 17.9 Å². The largest absolute Gasteiger partial charge is 0.436 e. The van der Waals surface area contributed by atoms with Crippen LogP contribution in [0.1, 0.15) is 53.0 Å². The van der Waals surface area contributed by atoms with Crippen molar-refractivity contribution in [3.05, 3.63) is 52.5 Å². The number of hydrogen-bond acceptors (Lipinski definition) is 7. The van der Waals surface area contributed by atoms with Crippen LogP contribution < -0.4 is 10.5 Å². The van der Waals surface area contributed by atoms with Gasteiger partial charge in [0.15, 0.2) is 0 Å². The number of halogens is 4. The third kappa shape index (κ3) is 4.77. The number of benzene rings is 1. The highest BCUT2D eigenvalue weighted by Gasteiger charge is 2.31. The number of anilines is 1. The third-order valence-corrected chi connectivity index (χ3v) is 6.31. The summed E-state index contributed by atoms with van der Waals surface area (Å²) in [6.45, 7) is 2.50. The Labute approximate surface area is 203 Å². The molecule has 0 spiro atoms. The molecule has 3 aromatic rings. The third-order valence-electron chi connectivity index (χ3n) is 6.31. The standard InChI is InChI=1S/C24H23F4N5O3/c1-11-20-16(10-35-11)14-6-15(17(25)7-18(14)30-23(20)29)24(34)33(8-12-2-3-12)9-13-4-5-19(32-31-13)36-22(28)21(26)27/h4-7,11-12,21-22H,2-3,8-10H2,1H3,(H2,29,30)/t11-,22?/m1/s1. The first-order chi connectivity index (χ1) is 17.2. The molecule has 0 bridgehead atoms. The average molecular weight is 505 g/mol. The Hall–Kier alpha value is -3.54. The first-order valence-corrected chi connectivity index (χ1v) is 11.4. The lowest BCUT2D eigenvalue weighted by Gasteiger charge is -2.23. The van der Waals surface area contributed by atoms with E-state index in [-0.39, 0.29) is 36.6 Å². The molecule has 1 aliphatic heterocycles. The molecule has 1 aliphatic carbocycles. The van der Waals surface area contributed by atoms with Crippen LogP contribution in [0.2, 0.25) is 0 Å². The number of carbonyl (C=O) groups excluding carboxylic acids is 1. The fourth-order valence-corrected chi connectivity index (χ4v) is 4.31. The number of rotatable bonds is 8. The fourth-order valence-electron chi connectivity index (χ4n) is 4.31. The second kappa shape index (κ2) is 9.49. The minimum atomic E-state index is -3.32. The zero-order valence-corrected chi connectivity index (χ0v) is 19.3. The van der Waals surface area contributed by atoms with Gasteiger partial charge in [-0.25, -0.2) is 18.2 Å². The summed E-state index contributed by atoms with van der Waals surface area (Å²) in [6, 6.07) is 5.25. The predicted molar refractivity (Wildman–Crippen MR) is 120 cm³/mol. The summed E-state index contributed by atoms with van der Waals surface area (Å²) >= 11 is 0. The highest BCUT2D eigenvalue weighted by atomic mass is 19.3. The SMILES string of the molecule is C[C@H]1OCc2c1c(N)nc1cc(F)c(C(=O)N(Cc3ccc(OC(F)C(F)F)nn3)CC3CC3)cc21. The van der Waals surface area contributed by atoms with E-state index in [9.17, 15) is 18.0 Å². The molecule has 2 atom stereocenters. The van der Waals surface area contributed by atoms with Crippen LogP contribution in [0.25, 0.3) is 10.9 Å². The maximum Gasteiger partial charge on any atom is 0.304 e. The average Bonchev–Trinajstić information content (AvgIpc) is 3.57. The molecule has 12 heteroatoms. The molecular weight excluding hydrogens is 482 g/mol. The number of pyridine rings is 1. The molecule has 1 fully saturated rings. The van der Waals surface area contributed by atoms with E-state index < -0.39 is 30.4 Å². The Kier molecular flexibility index (Phi) is 6.37. The molecule has 1 aromatic carbocycles. The van der Waals surface area contributed by atoms with Crippen LogP contribution >= 0.6 is 0 Å². The summed E-state index contributed by atoms with van der Waals surface area (Å²) in [7, 11) is 0. The molecule has 1 saturated carbocycles. The second-order valence-electron chi connectivity index (χ2n) is 8.99. The zero-order chi connectivity index (χ0) is 25.6. The number of alkyl halides is 3. The van der Waals surface area contributed by atoms with Gasteiger partial charge < -0.3 is 20.1 Å². The van der Waals surface area contributed by atoms with Crippen LogP contribution in [-0.4, -0.2) is 45.3 Å². The van der Waals surface area contributed by atoms with Crippen LogP contribution in [0.5, 0.6) is 5.88 Å². The minimum Gasteiger partial charge on any atom is -0.436 e. The van der Waals surface area contributed by atoms with Crippen LogP contribution in [0.15, 0.2) is 24.3 Å². The van der Waals surface area contributed by atoms with Gasteiger partial charge in [0.2, 0.25) is 5.88 Å². The molecule has 1 amide bonds. The van der Waals surface area contributed by atoms with Crippen molar-refractivity contribution in [2.75, 3.05) is 12.3 Å². The summed E-state index contributed by atoms with van der Waals surface area (Å²) in [5, 5.41) is 8.06. The summed E-state index contributed by atoms with van der Waals surface area (Å²) < 4.78 is 63.0. The van der Waals surface area contributed by atoms with Gasteiger partial charge in [0.25, 0.3) is 12.3 Å². The van der Waals surface area contributed by atoms with Gasteiger partial charge >= 0.3 is 6.43 Å². The minimum absolute atomic E-state index is 0.00771. The molecule has 8 nitrogen and oxygen atoms in total. The van der Waals surface area contributed by atoms with E-state index in [1.165, 1.54) is 29.2 Å². The second-order valence-corrected chi connectivity index (χ2v) is 8.99. The van der Waals surface area contributed by atoms with E-state index in [1.54, 1.807) is 0 Å². The number of ether oxygens (including phenoxy) is 2. The van der Waals surface area contributed by atoms with E-state index in [4.69, 9.17) is 10.5 Å². The zero-order valence-electron chi connectivity index (χ0n) is 19.3. The molecule has 36 heavy (non-hydrogen) atoms. The lowest BCUT2D eigenvalue weighted by molar-refractivity contribution is -0.0694. The monoisotopic (exact) mass is 505 g/mol. The van der Waals surface area contributed by atoms with Crippen molar-refractivity contribution in [1.82, 2.24) is 20.1 Å². The molecule has 2 aromatic heterocycles.